The predicted molar refractivity (Wildman–Crippen MR) is 105 cm³/mol. The first-order chi connectivity index (χ1) is 13.3. The Balaban J connectivity index is 1.23. The van der Waals surface area contributed by atoms with Crippen LogP contribution in [0.4, 0.5) is 0 Å². The monoisotopic (exact) mass is 380 g/mol. The highest BCUT2D eigenvalue weighted by Gasteiger charge is 2.33. The highest BCUT2D eigenvalue weighted by Crippen LogP contribution is 2.35. The molecule has 1 saturated heterocycles. The molecule has 5 nitrogen and oxygen atoms in total. The van der Waals surface area contributed by atoms with Crippen molar-refractivity contribution >= 4 is 27.5 Å². The molecule has 1 fully saturated rings. The summed E-state index contributed by atoms with van der Waals surface area (Å²) in [4.78, 5) is 19.6. The number of fused-ring (bicyclic) bond motifs is 2. The Kier molecular flexibility index (Phi) is 4.20. The van der Waals surface area contributed by atoms with E-state index in [1.807, 2.05) is 35.2 Å². The maximum atomic E-state index is 12.9. The second-order valence-electron chi connectivity index (χ2n) is 6.98. The fraction of sp³-hybridized carbons (Fsp3) is 0.333. The molecule has 2 aliphatic rings. The number of rotatable bonds is 2. The van der Waals surface area contributed by atoms with Crippen LogP contribution in [0.25, 0.3) is 10.2 Å². The van der Waals surface area contributed by atoms with Gasteiger partial charge in [0.1, 0.15) is 6.61 Å². The van der Waals surface area contributed by atoms with E-state index in [2.05, 4.69) is 18.2 Å². The van der Waals surface area contributed by atoms with Crippen LogP contribution in [0.15, 0.2) is 48.5 Å². The van der Waals surface area contributed by atoms with Gasteiger partial charge in [0.25, 0.3) is 5.91 Å². The van der Waals surface area contributed by atoms with Crippen molar-refractivity contribution in [3.05, 3.63) is 53.5 Å². The summed E-state index contributed by atoms with van der Waals surface area (Å²) in [5.41, 5.74) is 1.07. The summed E-state index contributed by atoms with van der Waals surface area (Å²) in [7, 11) is 0. The second-order valence-corrected chi connectivity index (χ2v) is 8.05. The van der Waals surface area contributed by atoms with Gasteiger partial charge in [-0.1, -0.05) is 24.3 Å². The zero-order valence-electron chi connectivity index (χ0n) is 14.8. The molecule has 0 radical (unpaired) electrons. The minimum Gasteiger partial charge on any atom is -0.485 e. The first-order valence-electron chi connectivity index (χ1n) is 9.31. The molecular formula is C21H20N2O3S. The fourth-order valence-electron chi connectivity index (χ4n) is 3.76. The quantitative estimate of drug-likeness (QED) is 0.678. The molecule has 0 spiro atoms. The van der Waals surface area contributed by atoms with Gasteiger partial charge in [0.15, 0.2) is 11.5 Å². The lowest BCUT2D eigenvalue weighted by molar-refractivity contribution is -0.142. The minimum atomic E-state index is -0.557. The predicted octanol–water partition coefficient (Wildman–Crippen LogP) is 3.84. The molecular weight excluding hydrogens is 360 g/mol. The number of carbonyl (C=O) groups excluding carboxylic acids is 1. The van der Waals surface area contributed by atoms with Crippen LogP contribution >= 0.6 is 11.3 Å². The summed E-state index contributed by atoms with van der Waals surface area (Å²) < 4.78 is 12.8. The lowest BCUT2D eigenvalue weighted by Crippen LogP contribution is -2.48. The Labute approximate surface area is 161 Å². The molecule has 2 aliphatic heterocycles. The fourth-order valence-corrected chi connectivity index (χ4v) is 4.89. The van der Waals surface area contributed by atoms with Crippen molar-refractivity contribution in [2.24, 2.45) is 0 Å². The first kappa shape index (κ1) is 16.6. The summed E-state index contributed by atoms with van der Waals surface area (Å²) in [6.07, 6.45) is 1.32. The van der Waals surface area contributed by atoms with Gasteiger partial charge in [0.05, 0.1) is 15.2 Å². The number of nitrogens with zero attached hydrogens (tertiary/aromatic N) is 2. The highest BCUT2D eigenvalue weighted by atomic mass is 32.1. The van der Waals surface area contributed by atoms with E-state index in [0.29, 0.717) is 17.4 Å². The number of para-hydroxylation sites is 3. The van der Waals surface area contributed by atoms with Crippen molar-refractivity contribution in [3.8, 4) is 11.5 Å². The van der Waals surface area contributed by atoms with Crippen molar-refractivity contribution in [1.82, 2.24) is 9.88 Å². The van der Waals surface area contributed by atoms with Crippen LogP contribution in [0, 0.1) is 0 Å². The minimum absolute atomic E-state index is 0.0206. The van der Waals surface area contributed by atoms with Gasteiger partial charge in [-0.15, -0.1) is 11.3 Å². The maximum absolute atomic E-state index is 12.9. The number of likely N-dealkylation sites (tertiary alicyclic amines) is 1. The van der Waals surface area contributed by atoms with E-state index in [-0.39, 0.29) is 12.5 Å². The molecule has 27 heavy (non-hydrogen) atoms. The molecule has 0 bridgehead atoms. The molecule has 0 N–H and O–H groups in total. The van der Waals surface area contributed by atoms with Gasteiger partial charge >= 0.3 is 0 Å². The zero-order chi connectivity index (χ0) is 18.2. The van der Waals surface area contributed by atoms with Gasteiger partial charge in [0.2, 0.25) is 6.10 Å². The summed E-state index contributed by atoms with van der Waals surface area (Å²) in [6.45, 7) is 1.75. The van der Waals surface area contributed by atoms with Gasteiger partial charge in [-0.05, 0) is 37.1 Å². The number of hydrogen-bond acceptors (Lipinski definition) is 5. The molecule has 0 unspecified atom stereocenters. The van der Waals surface area contributed by atoms with E-state index < -0.39 is 6.10 Å². The number of benzene rings is 2. The van der Waals surface area contributed by atoms with Crippen LogP contribution in [0.1, 0.15) is 23.8 Å². The lowest BCUT2D eigenvalue weighted by Gasteiger charge is -2.34. The molecule has 1 amide bonds. The lowest BCUT2D eigenvalue weighted by atomic mass is 9.97. The summed E-state index contributed by atoms with van der Waals surface area (Å²) in [5.74, 6) is 1.80. The van der Waals surface area contributed by atoms with E-state index in [1.165, 1.54) is 9.71 Å². The van der Waals surface area contributed by atoms with Crippen LogP contribution in [0.3, 0.4) is 0 Å². The van der Waals surface area contributed by atoms with Gasteiger partial charge in [0, 0.05) is 19.0 Å². The Morgan fingerprint density at radius 1 is 1.04 bits per heavy atom. The molecule has 3 aromatic rings. The first-order valence-corrected chi connectivity index (χ1v) is 10.1. The number of thiazole rings is 1. The van der Waals surface area contributed by atoms with Crippen molar-refractivity contribution < 1.29 is 14.3 Å². The van der Waals surface area contributed by atoms with Crippen LogP contribution in [0.2, 0.25) is 0 Å². The Hall–Kier alpha value is -2.60. The summed E-state index contributed by atoms with van der Waals surface area (Å²) in [6, 6.07) is 15.7. The van der Waals surface area contributed by atoms with Gasteiger partial charge < -0.3 is 14.4 Å². The van der Waals surface area contributed by atoms with Crippen molar-refractivity contribution in [2.45, 2.75) is 24.9 Å². The van der Waals surface area contributed by atoms with E-state index in [4.69, 9.17) is 14.5 Å². The van der Waals surface area contributed by atoms with Crippen LogP contribution in [-0.4, -0.2) is 41.6 Å². The second kappa shape index (κ2) is 6.85. The van der Waals surface area contributed by atoms with Crippen LogP contribution in [-0.2, 0) is 4.79 Å². The molecule has 0 aliphatic carbocycles. The standard InChI is InChI=1S/C21H20N2O3S/c24-21(18-13-25-16-6-2-3-7-17(16)26-18)23-11-9-14(10-12-23)20-22-15-5-1-4-8-19(15)27-20/h1-8,14,18H,9-13H2/t18-/m0/s1. The van der Waals surface area contributed by atoms with Crippen molar-refractivity contribution in [2.75, 3.05) is 19.7 Å². The Bertz CT molecular complexity index is 945. The molecule has 3 heterocycles. The normalized spacial score (nSPS) is 20.0. The Morgan fingerprint density at radius 3 is 2.59 bits per heavy atom. The molecule has 2 aromatic carbocycles. The van der Waals surface area contributed by atoms with Crippen molar-refractivity contribution in [1.29, 1.82) is 0 Å². The third-order valence-electron chi connectivity index (χ3n) is 5.25. The number of amides is 1. The number of aromatic nitrogens is 1. The van der Waals surface area contributed by atoms with Crippen LogP contribution < -0.4 is 9.47 Å². The number of piperidine rings is 1. The van der Waals surface area contributed by atoms with Crippen LogP contribution in [0.5, 0.6) is 11.5 Å². The molecule has 0 saturated carbocycles. The van der Waals surface area contributed by atoms with E-state index in [1.54, 1.807) is 11.3 Å². The molecule has 1 atom stereocenters. The third-order valence-corrected chi connectivity index (χ3v) is 6.45. The number of carbonyl (C=O) groups is 1. The largest absolute Gasteiger partial charge is 0.485 e. The average molecular weight is 380 g/mol. The summed E-state index contributed by atoms with van der Waals surface area (Å²) in [5, 5.41) is 1.19. The zero-order valence-corrected chi connectivity index (χ0v) is 15.7. The smallest absolute Gasteiger partial charge is 0.267 e. The van der Waals surface area contributed by atoms with Gasteiger partial charge in [-0.25, -0.2) is 4.98 Å². The molecule has 1 aromatic heterocycles. The molecule has 5 rings (SSSR count). The number of hydrogen-bond donors (Lipinski definition) is 0. The Morgan fingerprint density at radius 2 is 1.78 bits per heavy atom. The van der Waals surface area contributed by atoms with Gasteiger partial charge in [-0.3, -0.25) is 4.79 Å². The highest BCUT2D eigenvalue weighted by molar-refractivity contribution is 7.18. The molecule has 6 heteroatoms. The van der Waals surface area contributed by atoms with E-state index >= 15 is 0 Å². The third kappa shape index (κ3) is 3.14. The molecule has 138 valence electrons. The topological polar surface area (TPSA) is 51.7 Å². The number of ether oxygens (including phenoxy) is 2. The maximum Gasteiger partial charge on any atom is 0.267 e. The average Bonchev–Trinajstić information content (AvgIpc) is 3.17. The SMILES string of the molecule is O=C([C@@H]1COc2ccccc2O1)N1CCC(c2nc3ccccc3s2)CC1. The van der Waals surface area contributed by atoms with E-state index in [9.17, 15) is 4.79 Å². The summed E-state index contributed by atoms with van der Waals surface area (Å²) >= 11 is 1.77. The van der Waals surface area contributed by atoms with Gasteiger partial charge in [-0.2, -0.15) is 0 Å². The van der Waals surface area contributed by atoms with E-state index in [0.717, 1.165) is 31.4 Å². The van der Waals surface area contributed by atoms with Crippen molar-refractivity contribution in [3.63, 3.8) is 0 Å².